The lowest BCUT2D eigenvalue weighted by molar-refractivity contribution is -0.135. The van der Waals surface area contributed by atoms with Gasteiger partial charge in [-0.25, -0.2) is 0 Å². The Hall–Kier alpha value is -0.735. The van der Waals surface area contributed by atoms with Crippen LogP contribution in [-0.2, 0) is 9.45 Å². The van der Waals surface area contributed by atoms with Crippen molar-refractivity contribution < 1.29 is 9.45 Å². The minimum Gasteiger partial charge on any atom is -0.507 e. The Kier molecular flexibility index (Phi) is 19.1. The fourth-order valence-electron chi connectivity index (χ4n) is 3.06. The van der Waals surface area contributed by atoms with Crippen LogP contribution in [0.25, 0.3) is 0 Å². The highest BCUT2D eigenvalue weighted by Gasteiger charge is 2.28. The molecule has 162 valence electrons. The molecular formula is C23H43BClNO2. The van der Waals surface area contributed by atoms with Crippen molar-refractivity contribution >= 4 is 23.9 Å². The highest BCUT2D eigenvalue weighted by Crippen LogP contribution is 2.11. The smallest absolute Gasteiger partial charge is 0.507 e. The molecular weight excluding hydrogens is 369 g/mol. The van der Waals surface area contributed by atoms with Gasteiger partial charge in [0.25, 0.3) is 5.97 Å². The summed E-state index contributed by atoms with van der Waals surface area (Å²) in [6.45, 7) is 8.47. The van der Waals surface area contributed by atoms with Crippen LogP contribution in [0.4, 0.5) is 0 Å². The third-order valence-corrected chi connectivity index (χ3v) is 5.19. The minimum atomic E-state index is -0.657. The first-order valence-corrected chi connectivity index (χ1v) is 11.9. The van der Waals surface area contributed by atoms with Gasteiger partial charge in [-0.15, -0.1) is 11.5 Å². The molecule has 0 saturated carbocycles. The van der Waals surface area contributed by atoms with E-state index in [4.69, 9.17) is 16.1 Å². The lowest BCUT2D eigenvalue weighted by atomic mass is 10.1. The Morgan fingerprint density at radius 2 is 1.50 bits per heavy atom. The molecule has 0 aliphatic rings. The molecule has 0 saturated heterocycles. The molecule has 0 aromatic rings. The van der Waals surface area contributed by atoms with Crippen molar-refractivity contribution in [3.8, 4) is 0 Å². The van der Waals surface area contributed by atoms with E-state index in [-0.39, 0.29) is 12.0 Å². The van der Waals surface area contributed by atoms with E-state index in [1.54, 1.807) is 0 Å². The average Bonchev–Trinajstić information content (AvgIpc) is 2.65. The number of hydrogen-bond donors (Lipinski definition) is 0. The summed E-state index contributed by atoms with van der Waals surface area (Å²) < 4.78 is 5.32. The van der Waals surface area contributed by atoms with Gasteiger partial charge >= 0.3 is 6.47 Å². The van der Waals surface area contributed by atoms with E-state index in [9.17, 15) is 4.79 Å². The summed E-state index contributed by atoms with van der Waals surface area (Å²) in [4.78, 5) is 13.8. The first-order chi connectivity index (χ1) is 13.5. The zero-order valence-corrected chi connectivity index (χ0v) is 19.6. The summed E-state index contributed by atoms with van der Waals surface area (Å²) in [6, 6.07) is 0.260. The van der Waals surface area contributed by atoms with Crippen molar-refractivity contribution in [2.45, 2.75) is 111 Å². The molecule has 0 aromatic carbocycles. The van der Waals surface area contributed by atoms with E-state index in [0.717, 1.165) is 32.2 Å². The summed E-state index contributed by atoms with van der Waals surface area (Å²) in [5.74, 6) is -0.190. The van der Waals surface area contributed by atoms with Crippen LogP contribution in [0.1, 0.15) is 105 Å². The topological polar surface area (TPSA) is 29.5 Å². The summed E-state index contributed by atoms with van der Waals surface area (Å²) >= 11 is 6.18. The highest BCUT2D eigenvalue weighted by molar-refractivity contribution is 7.02. The molecule has 0 aliphatic heterocycles. The maximum absolute atomic E-state index is 11.9. The quantitative estimate of drug-likeness (QED) is 0.135. The fourth-order valence-corrected chi connectivity index (χ4v) is 3.52. The van der Waals surface area contributed by atoms with E-state index in [0.29, 0.717) is 6.42 Å². The third-order valence-electron chi connectivity index (χ3n) is 4.85. The third kappa shape index (κ3) is 16.2. The predicted molar refractivity (Wildman–Crippen MR) is 125 cm³/mol. The largest absolute Gasteiger partial charge is 0.564 e. The molecule has 0 rings (SSSR count). The average molecular weight is 412 g/mol. The Bertz CT molecular complexity index is 427. The summed E-state index contributed by atoms with van der Waals surface area (Å²) in [5.41, 5.74) is 0. The maximum atomic E-state index is 11.9. The Morgan fingerprint density at radius 1 is 0.929 bits per heavy atom. The first kappa shape index (κ1) is 27.3. The lowest BCUT2D eigenvalue weighted by Gasteiger charge is -2.26. The van der Waals surface area contributed by atoms with Crippen LogP contribution in [0, 0.1) is 0 Å². The summed E-state index contributed by atoms with van der Waals surface area (Å²) in [7, 11) is 0. The van der Waals surface area contributed by atoms with Gasteiger partial charge in [0.2, 0.25) is 0 Å². The van der Waals surface area contributed by atoms with Gasteiger partial charge in [-0.3, -0.25) is 9.61 Å². The molecule has 0 fully saturated rings. The molecule has 0 spiro atoms. The van der Waals surface area contributed by atoms with Crippen LogP contribution in [-0.4, -0.2) is 29.8 Å². The number of hydrogen-bond acceptors (Lipinski definition) is 3. The van der Waals surface area contributed by atoms with E-state index in [1.807, 2.05) is 25.6 Å². The van der Waals surface area contributed by atoms with E-state index in [2.05, 4.69) is 31.2 Å². The molecule has 3 nitrogen and oxygen atoms in total. The van der Waals surface area contributed by atoms with Crippen LogP contribution in [0.15, 0.2) is 24.3 Å². The van der Waals surface area contributed by atoms with Gasteiger partial charge in [-0.1, -0.05) is 84.1 Å². The van der Waals surface area contributed by atoms with E-state index in [1.165, 1.54) is 44.9 Å². The van der Waals surface area contributed by atoms with Crippen LogP contribution in [0.2, 0.25) is 0 Å². The van der Waals surface area contributed by atoms with Crippen molar-refractivity contribution in [3.05, 3.63) is 24.3 Å². The summed E-state index contributed by atoms with van der Waals surface area (Å²) in [6.07, 6.45) is 22.6. The van der Waals surface area contributed by atoms with Gasteiger partial charge < -0.3 is 4.65 Å². The van der Waals surface area contributed by atoms with Crippen LogP contribution < -0.4 is 0 Å². The first-order valence-electron chi connectivity index (χ1n) is 11.4. The van der Waals surface area contributed by atoms with Crippen molar-refractivity contribution in [1.82, 2.24) is 4.81 Å². The minimum absolute atomic E-state index is 0.190. The van der Waals surface area contributed by atoms with Crippen LogP contribution in [0.3, 0.4) is 0 Å². The second-order valence-corrected chi connectivity index (χ2v) is 8.06. The predicted octanol–water partition coefficient (Wildman–Crippen LogP) is 7.30. The van der Waals surface area contributed by atoms with E-state index >= 15 is 0 Å². The van der Waals surface area contributed by atoms with Crippen LogP contribution >= 0.6 is 11.5 Å². The molecule has 0 atom stereocenters. The molecule has 0 amide bonds. The fraction of sp³-hybridized carbons (Fsp3) is 0.783. The number of unbranched alkanes of at least 4 members (excludes halogenated alkanes) is 8. The van der Waals surface area contributed by atoms with Gasteiger partial charge in [-0.2, -0.15) is 0 Å². The zero-order chi connectivity index (χ0) is 21.0. The molecule has 5 heteroatoms. The van der Waals surface area contributed by atoms with Gasteiger partial charge in [0.15, 0.2) is 0 Å². The molecule has 0 aliphatic carbocycles. The van der Waals surface area contributed by atoms with Gasteiger partial charge in [0, 0.05) is 6.42 Å². The number of nitrogens with zero attached hydrogens (tertiary/aromatic N) is 1. The number of carbonyl (C=O) groups excluding carboxylic acids is 1. The second kappa shape index (κ2) is 19.6. The van der Waals surface area contributed by atoms with Crippen molar-refractivity contribution in [3.63, 3.8) is 0 Å². The Morgan fingerprint density at radius 3 is 2.07 bits per heavy atom. The Balaban J connectivity index is 3.54. The Labute approximate surface area is 180 Å². The number of allylic oxidation sites excluding steroid dienone is 4. The highest BCUT2D eigenvalue weighted by atomic mass is 35.5. The van der Waals surface area contributed by atoms with Gasteiger partial charge in [-0.05, 0) is 51.1 Å². The monoisotopic (exact) mass is 411 g/mol. The second-order valence-electron chi connectivity index (χ2n) is 7.69. The molecule has 0 N–H and O–H groups in total. The lowest BCUT2D eigenvalue weighted by Crippen LogP contribution is -2.43. The standard InChI is InChI=1S/C23H43BClNO2/c1-5-7-8-9-10-11-12-13-14-15-16-17-18-19-20-21-23(27)28-24(25)26(6-2)22(3)4/h10-11,13-14,22H,5-9,12,15-21H2,1-4H3. The molecule has 0 aromatic heterocycles. The van der Waals surface area contributed by atoms with Gasteiger partial charge in [0.1, 0.15) is 0 Å². The molecule has 0 heterocycles. The molecule has 0 radical (unpaired) electrons. The van der Waals surface area contributed by atoms with Gasteiger partial charge in [0.05, 0.1) is 0 Å². The SMILES string of the molecule is CCCCCC=CCC=CCCCCCCCC(=O)OB(Cl)N(CC)C(C)C. The normalized spacial score (nSPS) is 12.0. The maximum Gasteiger partial charge on any atom is 0.564 e. The summed E-state index contributed by atoms with van der Waals surface area (Å²) in [5, 5.41) is 0. The van der Waals surface area contributed by atoms with Crippen molar-refractivity contribution in [2.24, 2.45) is 0 Å². The zero-order valence-electron chi connectivity index (χ0n) is 18.8. The van der Waals surface area contributed by atoms with E-state index < -0.39 is 6.47 Å². The molecule has 28 heavy (non-hydrogen) atoms. The van der Waals surface area contributed by atoms with Crippen molar-refractivity contribution in [2.75, 3.05) is 6.54 Å². The number of carbonyl (C=O) groups is 1. The van der Waals surface area contributed by atoms with Crippen molar-refractivity contribution in [1.29, 1.82) is 0 Å². The number of rotatable bonds is 18. The molecule has 0 unspecified atom stereocenters. The molecule has 0 bridgehead atoms. The number of halogens is 1. The van der Waals surface area contributed by atoms with Crippen LogP contribution in [0.5, 0.6) is 0 Å².